The van der Waals surface area contributed by atoms with Crippen LogP contribution in [0.1, 0.15) is 11.1 Å². The van der Waals surface area contributed by atoms with E-state index in [9.17, 15) is 18.3 Å². The molecule has 5 rings (SSSR count). The van der Waals surface area contributed by atoms with Gasteiger partial charge >= 0.3 is 5.97 Å². The molecule has 0 aliphatic heterocycles. The molecule has 0 saturated heterocycles. The molecular formula is C28H22N2O5S. The largest absolute Gasteiger partial charge is 0.478 e. The first-order valence-electron chi connectivity index (χ1n) is 10.9. The zero-order valence-corrected chi connectivity index (χ0v) is 19.8. The van der Waals surface area contributed by atoms with Crippen LogP contribution in [0.25, 0.3) is 34.1 Å². The van der Waals surface area contributed by atoms with E-state index in [1.54, 1.807) is 24.3 Å². The van der Waals surface area contributed by atoms with Crippen molar-refractivity contribution in [2.45, 2.75) is 4.90 Å². The molecule has 7 nitrogen and oxygen atoms in total. The highest BCUT2D eigenvalue weighted by molar-refractivity contribution is 7.85. The molecule has 5 aromatic rings. The standard InChI is InChI=1S/C15H12O2.C13H10N2O3S/c16-15(17)14(13-9-5-2-6-10-13)11-12-7-3-1-4-8-12;16-19(17,18)10-6-7-11-12(8-10)15-13(14-11)9-4-2-1-3-5-9/h1-11H,(H,16,17);1-8H,(H,14,15)(H,16,17,18)/b14-11-;. The van der Waals surface area contributed by atoms with E-state index in [1.807, 2.05) is 78.9 Å². The van der Waals surface area contributed by atoms with E-state index >= 15 is 0 Å². The van der Waals surface area contributed by atoms with Gasteiger partial charge in [-0.25, -0.2) is 9.78 Å². The minimum absolute atomic E-state index is 0.150. The molecule has 4 aromatic carbocycles. The van der Waals surface area contributed by atoms with Crippen LogP contribution in [0.3, 0.4) is 0 Å². The van der Waals surface area contributed by atoms with Crippen molar-refractivity contribution in [2.24, 2.45) is 0 Å². The number of carboxylic acid groups (broad SMARTS) is 1. The summed E-state index contributed by atoms with van der Waals surface area (Å²) in [5.41, 5.74) is 4.02. The SMILES string of the molecule is O=C(O)/C(=C\c1ccccc1)c1ccccc1.O=S(=O)(O)c1ccc2nc(-c3ccccc3)[nH]c2c1. The molecule has 0 bridgehead atoms. The molecule has 0 spiro atoms. The highest BCUT2D eigenvalue weighted by atomic mass is 32.2. The Bertz CT molecular complexity index is 1610. The number of benzene rings is 4. The first-order valence-corrected chi connectivity index (χ1v) is 12.3. The number of aromatic nitrogens is 2. The van der Waals surface area contributed by atoms with Gasteiger partial charge in [-0.15, -0.1) is 0 Å². The van der Waals surface area contributed by atoms with E-state index in [1.165, 1.54) is 12.1 Å². The second kappa shape index (κ2) is 10.8. The molecule has 180 valence electrons. The zero-order valence-electron chi connectivity index (χ0n) is 18.9. The summed E-state index contributed by atoms with van der Waals surface area (Å²) in [6.07, 6.45) is 1.68. The first-order chi connectivity index (χ1) is 17.3. The van der Waals surface area contributed by atoms with Crippen LogP contribution in [0.15, 0.2) is 114 Å². The van der Waals surface area contributed by atoms with Gasteiger partial charge in [-0.05, 0) is 35.4 Å². The Hall–Kier alpha value is -4.53. The number of imidazole rings is 1. The van der Waals surface area contributed by atoms with Crippen LogP contribution in [0.2, 0.25) is 0 Å². The van der Waals surface area contributed by atoms with E-state index in [2.05, 4.69) is 9.97 Å². The van der Waals surface area contributed by atoms with Crippen molar-refractivity contribution in [3.8, 4) is 11.4 Å². The average molecular weight is 499 g/mol. The Labute approximate surface area is 208 Å². The Balaban J connectivity index is 0.000000170. The third kappa shape index (κ3) is 6.12. The summed E-state index contributed by atoms with van der Waals surface area (Å²) in [5.74, 6) is -0.261. The maximum atomic E-state index is 11.2. The molecule has 0 fully saturated rings. The summed E-state index contributed by atoms with van der Waals surface area (Å²) in [7, 11) is -4.20. The van der Waals surface area contributed by atoms with E-state index in [4.69, 9.17) is 4.55 Å². The number of nitrogens with zero attached hydrogens (tertiary/aromatic N) is 1. The van der Waals surface area contributed by atoms with E-state index in [0.717, 1.165) is 11.1 Å². The number of rotatable bonds is 5. The summed E-state index contributed by atoms with van der Waals surface area (Å²) in [6.45, 7) is 0. The third-order valence-electron chi connectivity index (χ3n) is 5.22. The molecule has 3 N–H and O–H groups in total. The summed E-state index contributed by atoms with van der Waals surface area (Å²) >= 11 is 0. The predicted octanol–water partition coefficient (Wildman–Crippen LogP) is 5.79. The van der Waals surface area contributed by atoms with Gasteiger partial charge < -0.3 is 10.1 Å². The molecule has 0 aliphatic carbocycles. The van der Waals surface area contributed by atoms with Crippen LogP contribution in [0.4, 0.5) is 0 Å². The lowest BCUT2D eigenvalue weighted by Crippen LogP contribution is -1.99. The molecule has 0 aliphatic rings. The molecular weight excluding hydrogens is 476 g/mol. The summed E-state index contributed by atoms with van der Waals surface area (Å²) < 4.78 is 31.2. The van der Waals surface area contributed by atoms with Crippen LogP contribution < -0.4 is 0 Å². The normalized spacial score (nSPS) is 11.5. The summed E-state index contributed by atoms with van der Waals surface area (Å²) in [6, 6.07) is 32.3. The number of hydrogen-bond acceptors (Lipinski definition) is 4. The lowest BCUT2D eigenvalue weighted by Gasteiger charge is -2.02. The van der Waals surface area contributed by atoms with Gasteiger partial charge in [0.15, 0.2) is 0 Å². The Morgan fingerprint density at radius 1 is 0.806 bits per heavy atom. The predicted molar refractivity (Wildman–Crippen MR) is 140 cm³/mol. The molecule has 0 saturated carbocycles. The fourth-order valence-electron chi connectivity index (χ4n) is 3.48. The van der Waals surface area contributed by atoms with Crippen LogP contribution in [-0.4, -0.2) is 34.0 Å². The molecule has 36 heavy (non-hydrogen) atoms. The van der Waals surface area contributed by atoms with Gasteiger partial charge in [-0.3, -0.25) is 4.55 Å². The molecule has 1 aromatic heterocycles. The first kappa shape index (κ1) is 24.6. The fourth-order valence-corrected chi connectivity index (χ4v) is 3.99. The molecule has 0 atom stereocenters. The van der Waals surface area contributed by atoms with Crippen molar-refractivity contribution < 1.29 is 22.9 Å². The van der Waals surface area contributed by atoms with Gasteiger partial charge in [0, 0.05) is 5.56 Å². The highest BCUT2D eigenvalue weighted by Gasteiger charge is 2.12. The molecule has 0 radical (unpaired) electrons. The third-order valence-corrected chi connectivity index (χ3v) is 6.07. The number of aromatic amines is 1. The Kier molecular flexibility index (Phi) is 7.39. The Morgan fingerprint density at radius 3 is 1.97 bits per heavy atom. The number of nitrogens with one attached hydrogen (secondary N) is 1. The zero-order chi connectivity index (χ0) is 25.5. The number of aliphatic carboxylic acids is 1. The van der Waals surface area contributed by atoms with Crippen molar-refractivity contribution in [2.75, 3.05) is 0 Å². The lowest BCUT2D eigenvalue weighted by atomic mass is 10.0. The average Bonchev–Trinajstić information content (AvgIpc) is 3.32. The minimum Gasteiger partial charge on any atom is -0.478 e. The topological polar surface area (TPSA) is 120 Å². The highest BCUT2D eigenvalue weighted by Crippen LogP contribution is 2.22. The molecule has 0 amide bonds. The monoisotopic (exact) mass is 498 g/mol. The second-order valence-corrected chi connectivity index (χ2v) is 9.17. The van der Waals surface area contributed by atoms with Crippen molar-refractivity contribution in [3.63, 3.8) is 0 Å². The maximum Gasteiger partial charge on any atom is 0.336 e. The van der Waals surface area contributed by atoms with Crippen LogP contribution >= 0.6 is 0 Å². The van der Waals surface area contributed by atoms with Gasteiger partial charge in [-0.2, -0.15) is 8.42 Å². The van der Waals surface area contributed by atoms with Crippen LogP contribution in [-0.2, 0) is 14.9 Å². The quantitative estimate of drug-likeness (QED) is 0.160. The smallest absolute Gasteiger partial charge is 0.336 e. The van der Waals surface area contributed by atoms with Gasteiger partial charge in [0.1, 0.15) is 5.82 Å². The second-order valence-electron chi connectivity index (χ2n) is 7.75. The van der Waals surface area contributed by atoms with E-state index in [0.29, 0.717) is 28.0 Å². The van der Waals surface area contributed by atoms with Crippen molar-refractivity contribution in [3.05, 3.63) is 120 Å². The number of hydrogen-bond donors (Lipinski definition) is 3. The van der Waals surface area contributed by atoms with Gasteiger partial charge in [0.25, 0.3) is 10.1 Å². The van der Waals surface area contributed by atoms with Gasteiger partial charge in [0.05, 0.1) is 21.5 Å². The molecule has 8 heteroatoms. The van der Waals surface area contributed by atoms with E-state index in [-0.39, 0.29) is 4.90 Å². The minimum atomic E-state index is -4.20. The number of H-pyrrole nitrogens is 1. The Morgan fingerprint density at radius 2 is 1.39 bits per heavy atom. The maximum absolute atomic E-state index is 11.2. The van der Waals surface area contributed by atoms with Gasteiger partial charge in [0.2, 0.25) is 0 Å². The lowest BCUT2D eigenvalue weighted by molar-refractivity contribution is -0.130. The fraction of sp³-hybridized carbons (Fsp3) is 0. The number of carboxylic acids is 1. The summed E-state index contributed by atoms with van der Waals surface area (Å²) in [4.78, 5) is 18.5. The van der Waals surface area contributed by atoms with Crippen molar-refractivity contribution in [1.29, 1.82) is 0 Å². The number of fused-ring (bicyclic) bond motifs is 1. The number of carbonyl (C=O) groups is 1. The van der Waals surface area contributed by atoms with Crippen LogP contribution in [0, 0.1) is 0 Å². The van der Waals surface area contributed by atoms with Crippen molar-refractivity contribution in [1.82, 2.24) is 9.97 Å². The summed E-state index contributed by atoms with van der Waals surface area (Å²) in [5, 5.41) is 9.22. The van der Waals surface area contributed by atoms with Crippen LogP contribution in [0.5, 0.6) is 0 Å². The molecule has 0 unspecified atom stereocenters. The van der Waals surface area contributed by atoms with Gasteiger partial charge in [-0.1, -0.05) is 91.0 Å². The molecule has 1 heterocycles. The van der Waals surface area contributed by atoms with E-state index < -0.39 is 16.1 Å². The van der Waals surface area contributed by atoms with Crippen molar-refractivity contribution >= 4 is 38.8 Å².